The van der Waals surface area contributed by atoms with Gasteiger partial charge < -0.3 is 4.74 Å². The lowest BCUT2D eigenvalue weighted by molar-refractivity contribution is 0.102. The van der Waals surface area contributed by atoms with Crippen molar-refractivity contribution in [3.8, 4) is 28.3 Å². The minimum absolute atomic E-state index is 0.0159. The summed E-state index contributed by atoms with van der Waals surface area (Å²) < 4.78 is 5.13. The molecule has 136 valence electrons. The van der Waals surface area contributed by atoms with Crippen molar-refractivity contribution in [1.82, 2.24) is 15.2 Å². The number of methoxy groups -OCH3 is 1. The molecular formula is C22H15N3O2S. The number of Topliss-reactive ketones (excluding diaryl/α,β-unsaturated/α-hetero) is 1. The van der Waals surface area contributed by atoms with Gasteiger partial charge in [-0.1, -0.05) is 48.2 Å². The van der Waals surface area contributed by atoms with Crippen molar-refractivity contribution in [1.29, 1.82) is 0 Å². The number of carbonyl (C=O) groups is 1. The number of fused-ring (bicyclic) bond motifs is 3. The molecule has 1 aliphatic rings. The molecule has 6 heteroatoms. The Labute approximate surface area is 165 Å². The molecule has 0 radical (unpaired) electrons. The van der Waals surface area contributed by atoms with Crippen LogP contribution < -0.4 is 4.74 Å². The summed E-state index contributed by atoms with van der Waals surface area (Å²) in [6.45, 7) is 0. The van der Waals surface area contributed by atoms with Crippen LogP contribution in [0.1, 0.15) is 10.4 Å². The Morgan fingerprint density at radius 2 is 1.64 bits per heavy atom. The Bertz CT molecular complexity index is 1220. The zero-order valence-corrected chi connectivity index (χ0v) is 15.9. The standard InChI is InChI=1S/C22H15N3O2S/c1-27-15-10-8-13(9-11-15)18(26)12-28-22-23-20-16-6-2-4-14-5-3-7-17(19(14)16)21(20)24-25-22/h2-11H,12H2,1H3. The number of rotatable bonds is 5. The summed E-state index contributed by atoms with van der Waals surface area (Å²) in [5, 5.41) is 11.5. The normalized spacial score (nSPS) is 11.5. The number of hydrogen-bond donors (Lipinski definition) is 0. The second-order valence-corrected chi connectivity index (χ2v) is 7.38. The van der Waals surface area contributed by atoms with Crippen LogP contribution in [0.5, 0.6) is 5.75 Å². The Morgan fingerprint density at radius 1 is 0.929 bits per heavy atom. The number of thioether (sulfide) groups is 1. The van der Waals surface area contributed by atoms with E-state index in [1.165, 1.54) is 22.5 Å². The largest absolute Gasteiger partial charge is 0.497 e. The minimum atomic E-state index is 0.0159. The molecule has 1 heterocycles. The average Bonchev–Trinajstić information content (AvgIpc) is 3.07. The van der Waals surface area contributed by atoms with E-state index < -0.39 is 0 Å². The predicted molar refractivity (Wildman–Crippen MR) is 110 cm³/mol. The van der Waals surface area contributed by atoms with Gasteiger partial charge >= 0.3 is 0 Å². The molecule has 0 unspecified atom stereocenters. The van der Waals surface area contributed by atoms with Crippen molar-refractivity contribution in [2.75, 3.05) is 12.9 Å². The van der Waals surface area contributed by atoms with Crippen LogP contribution in [-0.4, -0.2) is 33.8 Å². The van der Waals surface area contributed by atoms with Crippen molar-refractivity contribution in [3.63, 3.8) is 0 Å². The monoisotopic (exact) mass is 385 g/mol. The van der Waals surface area contributed by atoms with Crippen molar-refractivity contribution < 1.29 is 9.53 Å². The van der Waals surface area contributed by atoms with E-state index in [0.717, 1.165) is 28.3 Å². The van der Waals surface area contributed by atoms with E-state index in [1.807, 2.05) is 18.2 Å². The topological polar surface area (TPSA) is 65.0 Å². The summed E-state index contributed by atoms with van der Waals surface area (Å²) in [6, 6.07) is 19.4. The highest BCUT2D eigenvalue weighted by molar-refractivity contribution is 7.99. The third kappa shape index (κ3) is 2.73. The first-order valence-corrected chi connectivity index (χ1v) is 9.80. The first-order chi connectivity index (χ1) is 13.7. The van der Waals surface area contributed by atoms with Gasteiger partial charge in [-0.25, -0.2) is 4.98 Å². The van der Waals surface area contributed by atoms with Crippen LogP contribution in [0, 0.1) is 0 Å². The lowest BCUT2D eigenvalue weighted by Gasteiger charge is -2.04. The van der Waals surface area contributed by atoms with E-state index in [-0.39, 0.29) is 11.5 Å². The Balaban J connectivity index is 1.40. The maximum atomic E-state index is 12.4. The lowest BCUT2D eigenvalue weighted by Crippen LogP contribution is -2.04. The van der Waals surface area contributed by atoms with Crippen LogP contribution in [0.15, 0.2) is 65.8 Å². The Hall–Kier alpha value is -3.25. The van der Waals surface area contributed by atoms with Crippen LogP contribution in [0.25, 0.3) is 33.3 Å². The van der Waals surface area contributed by atoms with E-state index in [2.05, 4.69) is 28.4 Å². The zero-order valence-electron chi connectivity index (χ0n) is 15.0. The van der Waals surface area contributed by atoms with Gasteiger partial charge in [0, 0.05) is 22.1 Å². The number of carbonyl (C=O) groups excluding carboxylic acids is 1. The van der Waals surface area contributed by atoms with Gasteiger partial charge in [-0.2, -0.15) is 0 Å². The molecule has 3 aromatic carbocycles. The molecular weight excluding hydrogens is 370 g/mol. The molecule has 0 fully saturated rings. The van der Waals surface area contributed by atoms with Crippen LogP contribution in [0.2, 0.25) is 0 Å². The molecule has 0 N–H and O–H groups in total. The first kappa shape index (κ1) is 16.9. The highest BCUT2D eigenvalue weighted by atomic mass is 32.2. The molecule has 0 atom stereocenters. The van der Waals surface area contributed by atoms with Gasteiger partial charge in [0.05, 0.1) is 12.9 Å². The van der Waals surface area contributed by atoms with Gasteiger partial charge in [0.25, 0.3) is 0 Å². The van der Waals surface area contributed by atoms with E-state index in [0.29, 0.717) is 10.7 Å². The summed E-state index contributed by atoms with van der Waals surface area (Å²) in [5.41, 5.74) is 4.41. The number of ether oxygens (including phenoxy) is 1. The molecule has 0 spiro atoms. The molecule has 0 bridgehead atoms. The van der Waals surface area contributed by atoms with E-state index >= 15 is 0 Å². The van der Waals surface area contributed by atoms with Crippen LogP contribution in [0.4, 0.5) is 0 Å². The predicted octanol–water partition coefficient (Wildman–Crippen LogP) is 4.66. The molecule has 0 saturated carbocycles. The lowest BCUT2D eigenvalue weighted by atomic mass is 10.0. The van der Waals surface area contributed by atoms with Gasteiger partial charge in [0.1, 0.15) is 17.1 Å². The molecule has 4 aromatic rings. The Morgan fingerprint density at radius 3 is 2.36 bits per heavy atom. The van der Waals surface area contributed by atoms with Gasteiger partial charge in [0.2, 0.25) is 5.16 Å². The highest BCUT2D eigenvalue weighted by Crippen LogP contribution is 2.44. The summed E-state index contributed by atoms with van der Waals surface area (Å²) in [7, 11) is 1.60. The van der Waals surface area contributed by atoms with Gasteiger partial charge in [-0.05, 0) is 29.7 Å². The summed E-state index contributed by atoms with van der Waals surface area (Å²) >= 11 is 1.30. The molecule has 0 aliphatic heterocycles. The summed E-state index contributed by atoms with van der Waals surface area (Å²) in [5.74, 6) is 0.996. The van der Waals surface area contributed by atoms with Gasteiger partial charge in [-0.3, -0.25) is 4.79 Å². The molecule has 0 saturated heterocycles. The summed E-state index contributed by atoms with van der Waals surface area (Å²) in [6.07, 6.45) is 0. The maximum Gasteiger partial charge on any atom is 0.210 e. The van der Waals surface area contributed by atoms with Crippen LogP contribution >= 0.6 is 11.8 Å². The average molecular weight is 385 g/mol. The number of nitrogens with zero attached hydrogens (tertiary/aromatic N) is 3. The van der Waals surface area contributed by atoms with Crippen molar-refractivity contribution in [2.24, 2.45) is 0 Å². The van der Waals surface area contributed by atoms with E-state index in [4.69, 9.17) is 9.72 Å². The smallest absolute Gasteiger partial charge is 0.210 e. The molecule has 0 amide bonds. The molecule has 1 aromatic heterocycles. The first-order valence-electron chi connectivity index (χ1n) is 8.82. The molecule has 5 rings (SSSR count). The fourth-order valence-electron chi connectivity index (χ4n) is 3.47. The maximum absolute atomic E-state index is 12.4. The summed E-state index contributed by atoms with van der Waals surface area (Å²) in [4.78, 5) is 17.1. The van der Waals surface area contributed by atoms with Crippen LogP contribution in [-0.2, 0) is 0 Å². The second-order valence-electron chi connectivity index (χ2n) is 6.44. The van der Waals surface area contributed by atoms with E-state index in [9.17, 15) is 4.79 Å². The number of ketones is 1. The van der Waals surface area contributed by atoms with Crippen LogP contribution in [0.3, 0.4) is 0 Å². The fraction of sp³-hybridized carbons (Fsp3) is 0.0909. The van der Waals surface area contributed by atoms with Crippen molar-refractivity contribution in [3.05, 3.63) is 66.2 Å². The molecule has 1 aliphatic carbocycles. The zero-order chi connectivity index (χ0) is 19.1. The second kappa shape index (κ2) is 6.73. The molecule has 28 heavy (non-hydrogen) atoms. The van der Waals surface area contributed by atoms with E-state index in [1.54, 1.807) is 31.4 Å². The van der Waals surface area contributed by atoms with Crippen molar-refractivity contribution in [2.45, 2.75) is 5.16 Å². The third-order valence-corrected chi connectivity index (χ3v) is 5.66. The van der Waals surface area contributed by atoms with Crippen molar-refractivity contribution >= 4 is 28.3 Å². The molecule has 5 nitrogen and oxygen atoms in total. The number of benzene rings is 3. The number of hydrogen-bond acceptors (Lipinski definition) is 6. The Kier molecular flexibility index (Phi) is 4.06. The minimum Gasteiger partial charge on any atom is -0.497 e. The number of aromatic nitrogens is 3. The fourth-order valence-corrected chi connectivity index (χ4v) is 4.15. The SMILES string of the molecule is COc1ccc(C(=O)CSc2nnc3c(n2)-c2cccc4cccc-3c24)cc1. The van der Waals surface area contributed by atoms with Gasteiger partial charge in [-0.15, -0.1) is 10.2 Å². The quantitative estimate of drug-likeness (QED) is 0.324. The highest BCUT2D eigenvalue weighted by Gasteiger charge is 2.25. The van der Waals surface area contributed by atoms with Gasteiger partial charge in [0.15, 0.2) is 5.78 Å². The third-order valence-electron chi connectivity index (χ3n) is 4.83.